The molecule has 7 heteroatoms. The van der Waals surface area contributed by atoms with Gasteiger partial charge in [0.1, 0.15) is 6.61 Å². The molecule has 0 spiro atoms. The minimum absolute atomic E-state index is 0.0550. The Labute approximate surface area is 193 Å². The Morgan fingerprint density at radius 3 is 2.75 bits per heavy atom. The summed E-state index contributed by atoms with van der Waals surface area (Å²) in [5.74, 6) is -0.123. The number of benzene rings is 1. The monoisotopic (exact) mass is 458 g/mol. The summed E-state index contributed by atoms with van der Waals surface area (Å²) in [6, 6.07) is 8.06. The van der Waals surface area contributed by atoms with E-state index in [0.717, 1.165) is 44.1 Å². The summed E-state index contributed by atoms with van der Waals surface area (Å²) in [6.45, 7) is 3.48. The van der Waals surface area contributed by atoms with E-state index < -0.39 is 5.82 Å². The Bertz CT molecular complexity index is 941. The highest BCUT2D eigenvalue weighted by atomic mass is 32.1. The van der Waals surface area contributed by atoms with E-state index >= 15 is 0 Å². The summed E-state index contributed by atoms with van der Waals surface area (Å²) in [7, 11) is 0. The third kappa shape index (κ3) is 4.98. The molecular weight excluding hydrogens is 427 g/mol. The van der Waals surface area contributed by atoms with Crippen molar-refractivity contribution in [2.24, 2.45) is 5.92 Å². The number of para-hydroxylation sites is 1. The van der Waals surface area contributed by atoms with Crippen LogP contribution >= 0.6 is 11.3 Å². The van der Waals surface area contributed by atoms with E-state index in [1.165, 1.54) is 10.9 Å². The number of thiophene rings is 1. The second kappa shape index (κ2) is 10.5. The number of rotatable bonds is 8. The van der Waals surface area contributed by atoms with Crippen molar-refractivity contribution in [2.75, 3.05) is 26.2 Å². The molecule has 1 aliphatic heterocycles. The van der Waals surface area contributed by atoms with Crippen LogP contribution < -0.4 is 4.74 Å². The Morgan fingerprint density at radius 2 is 2.00 bits per heavy atom. The molecule has 1 fully saturated rings. The summed E-state index contributed by atoms with van der Waals surface area (Å²) < 4.78 is 19.9. The van der Waals surface area contributed by atoms with Gasteiger partial charge in [-0.15, -0.1) is 11.3 Å². The highest BCUT2D eigenvalue weighted by Gasteiger charge is 2.35. The van der Waals surface area contributed by atoms with Crippen molar-refractivity contribution >= 4 is 23.2 Å². The molecule has 0 radical (unpaired) electrons. The summed E-state index contributed by atoms with van der Waals surface area (Å²) in [5.41, 5.74) is 1.06. The van der Waals surface area contributed by atoms with E-state index in [-0.39, 0.29) is 42.7 Å². The number of hydrogen-bond acceptors (Lipinski definition) is 4. The molecular formula is C25H31FN2O3S. The van der Waals surface area contributed by atoms with Crippen molar-refractivity contribution in [3.05, 3.63) is 52.0 Å². The molecule has 0 saturated heterocycles. The number of nitrogens with zero attached hydrogens (tertiary/aromatic N) is 2. The van der Waals surface area contributed by atoms with Gasteiger partial charge >= 0.3 is 0 Å². The lowest BCUT2D eigenvalue weighted by atomic mass is 10.00. The maximum absolute atomic E-state index is 14.1. The molecule has 2 heterocycles. The van der Waals surface area contributed by atoms with Gasteiger partial charge in [0.25, 0.3) is 0 Å². The van der Waals surface area contributed by atoms with Crippen LogP contribution in [0.3, 0.4) is 0 Å². The fourth-order valence-electron chi connectivity index (χ4n) is 4.83. The Morgan fingerprint density at radius 1 is 1.22 bits per heavy atom. The van der Waals surface area contributed by atoms with Gasteiger partial charge in [-0.25, -0.2) is 4.39 Å². The van der Waals surface area contributed by atoms with Gasteiger partial charge in [-0.2, -0.15) is 0 Å². The molecule has 2 aromatic rings. The maximum atomic E-state index is 14.1. The lowest BCUT2D eigenvalue weighted by molar-refractivity contribution is -0.144. The van der Waals surface area contributed by atoms with Gasteiger partial charge in [-0.05, 0) is 54.8 Å². The second-order valence-corrected chi connectivity index (χ2v) is 9.64. The second-order valence-electron chi connectivity index (χ2n) is 8.63. The first-order valence-corrected chi connectivity index (χ1v) is 12.5. The highest BCUT2D eigenvalue weighted by Crippen LogP contribution is 2.34. The standard InChI is InChI=1S/C25H31FN2O3S/c1-2-13-27(25(30)18-7-3-4-8-18)16-24(29)28-14-11-23-19(12-15-32-23)21(28)17-31-22-10-6-5-9-20(22)26/h5-6,9-10,12,15,18,21H,2-4,7-8,11,13-14,16-17H2,1H3. The zero-order valence-electron chi connectivity index (χ0n) is 18.6. The first-order chi connectivity index (χ1) is 15.6. The van der Waals surface area contributed by atoms with Gasteiger partial charge in [0.05, 0.1) is 12.6 Å². The Kier molecular flexibility index (Phi) is 7.45. The molecule has 2 amide bonds. The van der Waals surface area contributed by atoms with E-state index in [9.17, 15) is 14.0 Å². The molecule has 4 rings (SSSR count). The topological polar surface area (TPSA) is 49.9 Å². The quantitative estimate of drug-likeness (QED) is 0.570. The minimum Gasteiger partial charge on any atom is -0.488 e. The molecule has 5 nitrogen and oxygen atoms in total. The Balaban J connectivity index is 1.49. The zero-order chi connectivity index (χ0) is 22.5. The summed E-state index contributed by atoms with van der Waals surface area (Å²) in [4.78, 5) is 31.3. The van der Waals surface area contributed by atoms with E-state index in [1.54, 1.807) is 34.4 Å². The average molecular weight is 459 g/mol. The molecule has 172 valence electrons. The lowest BCUT2D eigenvalue weighted by Crippen LogP contribution is -2.48. The Hall–Kier alpha value is -2.41. The number of fused-ring (bicyclic) bond motifs is 1. The number of ether oxygens (including phenoxy) is 1. The van der Waals surface area contributed by atoms with Crippen LogP contribution in [-0.2, 0) is 16.0 Å². The summed E-state index contributed by atoms with van der Waals surface area (Å²) in [5, 5.41) is 2.03. The van der Waals surface area contributed by atoms with Crippen molar-refractivity contribution in [1.82, 2.24) is 9.80 Å². The fraction of sp³-hybridized carbons (Fsp3) is 0.520. The SMILES string of the molecule is CCCN(CC(=O)N1CCc2sccc2C1COc1ccccc1F)C(=O)C1CCCC1. The summed E-state index contributed by atoms with van der Waals surface area (Å²) in [6.07, 6.45) is 5.64. The molecule has 1 unspecified atom stereocenters. The van der Waals surface area contributed by atoms with E-state index in [2.05, 4.69) is 0 Å². The average Bonchev–Trinajstić information content (AvgIpc) is 3.49. The molecule has 1 aromatic heterocycles. The van der Waals surface area contributed by atoms with E-state index in [1.807, 2.05) is 23.3 Å². The van der Waals surface area contributed by atoms with Crippen LogP contribution in [0, 0.1) is 11.7 Å². The predicted octanol–water partition coefficient (Wildman–Crippen LogP) is 4.82. The van der Waals surface area contributed by atoms with E-state index in [0.29, 0.717) is 13.1 Å². The van der Waals surface area contributed by atoms with Crippen molar-refractivity contribution in [2.45, 2.75) is 51.5 Å². The number of halogens is 1. The van der Waals surface area contributed by atoms with Gasteiger partial charge in [0.2, 0.25) is 11.8 Å². The van der Waals surface area contributed by atoms with Gasteiger partial charge in [0, 0.05) is 23.9 Å². The van der Waals surface area contributed by atoms with E-state index in [4.69, 9.17) is 4.74 Å². The van der Waals surface area contributed by atoms with Crippen molar-refractivity contribution in [3.63, 3.8) is 0 Å². The van der Waals surface area contributed by atoms with Crippen molar-refractivity contribution < 1.29 is 18.7 Å². The van der Waals surface area contributed by atoms with Gasteiger partial charge in [-0.1, -0.05) is 31.9 Å². The van der Waals surface area contributed by atoms with Crippen molar-refractivity contribution in [3.8, 4) is 5.75 Å². The van der Waals surface area contributed by atoms with Gasteiger partial charge < -0.3 is 14.5 Å². The fourth-order valence-corrected chi connectivity index (χ4v) is 5.76. The molecule has 0 N–H and O–H groups in total. The molecule has 0 bridgehead atoms. The lowest BCUT2D eigenvalue weighted by Gasteiger charge is -2.37. The molecule has 1 aromatic carbocycles. The third-order valence-corrected chi connectivity index (χ3v) is 7.48. The number of hydrogen-bond donors (Lipinski definition) is 0. The maximum Gasteiger partial charge on any atom is 0.242 e. The highest BCUT2D eigenvalue weighted by molar-refractivity contribution is 7.10. The van der Waals surface area contributed by atoms with Crippen LogP contribution in [0.5, 0.6) is 5.75 Å². The normalized spacial score (nSPS) is 18.4. The largest absolute Gasteiger partial charge is 0.488 e. The first kappa shape index (κ1) is 22.8. The van der Waals surface area contributed by atoms with Gasteiger partial charge in [0.15, 0.2) is 11.6 Å². The number of carbonyl (C=O) groups excluding carboxylic acids is 2. The molecule has 1 atom stereocenters. The molecule has 1 saturated carbocycles. The van der Waals surface area contributed by atoms with Crippen LogP contribution in [0.1, 0.15) is 55.5 Å². The molecule has 2 aliphatic rings. The number of carbonyl (C=O) groups is 2. The van der Waals surface area contributed by atoms with Crippen LogP contribution in [0.25, 0.3) is 0 Å². The zero-order valence-corrected chi connectivity index (χ0v) is 19.4. The minimum atomic E-state index is -0.414. The summed E-state index contributed by atoms with van der Waals surface area (Å²) >= 11 is 1.68. The van der Waals surface area contributed by atoms with Gasteiger partial charge in [-0.3, -0.25) is 9.59 Å². The number of amides is 2. The van der Waals surface area contributed by atoms with Crippen molar-refractivity contribution in [1.29, 1.82) is 0 Å². The third-order valence-electron chi connectivity index (χ3n) is 6.48. The van der Waals surface area contributed by atoms with Crippen LogP contribution in [0.15, 0.2) is 35.7 Å². The van der Waals surface area contributed by atoms with Crippen LogP contribution in [0.2, 0.25) is 0 Å². The molecule has 32 heavy (non-hydrogen) atoms. The van der Waals surface area contributed by atoms with Crippen LogP contribution in [-0.4, -0.2) is 47.9 Å². The predicted molar refractivity (Wildman–Crippen MR) is 123 cm³/mol. The van der Waals surface area contributed by atoms with Crippen LogP contribution in [0.4, 0.5) is 4.39 Å². The first-order valence-electron chi connectivity index (χ1n) is 11.6. The molecule has 1 aliphatic carbocycles. The smallest absolute Gasteiger partial charge is 0.242 e.